The average molecular weight is 289 g/mol. The van der Waals surface area contributed by atoms with Crippen LogP contribution in [0.5, 0.6) is 0 Å². The van der Waals surface area contributed by atoms with Crippen LogP contribution in [0.4, 0.5) is 0 Å². The number of methoxy groups -OCH3 is 1. The summed E-state index contributed by atoms with van der Waals surface area (Å²) in [5.74, 6) is 0. The molecule has 0 aliphatic heterocycles. The fourth-order valence-corrected chi connectivity index (χ4v) is 0.321. The molecule has 0 aromatic heterocycles. The Hall–Kier alpha value is 0.180. The van der Waals surface area contributed by atoms with Gasteiger partial charge in [0.25, 0.3) is 0 Å². The molecule has 0 atom stereocenters. The zero-order chi connectivity index (χ0) is 6.24. The van der Waals surface area contributed by atoms with Crippen molar-refractivity contribution in [2.75, 3.05) is 7.11 Å². The molecule has 1 nitrogen and oxygen atoms in total. The zero-order valence-electron chi connectivity index (χ0n) is 5.50. The van der Waals surface area contributed by atoms with E-state index in [9.17, 15) is 0 Å². The van der Waals surface area contributed by atoms with Crippen molar-refractivity contribution in [2.45, 2.75) is 0 Å². The van der Waals surface area contributed by atoms with Crippen LogP contribution in [0.2, 0.25) is 0 Å². The fourth-order valence-electron chi connectivity index (χ4n) is 0.321. The molecule has 0 aliphatic rings. The summed E-state index contributed by atoms with van der Waals surface area (Å²) in [6.07, 6.45) is 0. The summed E-state index contributed by atoms with van der Waals surface area (Å²) in [5.41, 5.74) is 0. The molecule has 0 aliphatic carbocycles. The summed E-state index contributed by atoms with van der Waals surface area (Å²) >= 11 is 0. The van der Waals surface area contributed by atoms with Gasteiger partial charge in [-0.05, 0) is 7.11 Å². The van der Waals surface area contributed by atoms with E-state index in [1.165, 1.54) is 7.11 Å². The molecular weight excluding hydrogens is 279 g/mol. The maximum atomic E-state index is 4.00. The van der Waals surface area contributed by atoms with Gasteiger partial charge in [0.05, 0.1) is 0 Å². The van der Waals surface area contributed by atoms with Gasteiger partial charge in [0.1, 0.15) is 0 Å². The first kappa shape index (κ1) is 11.9. The molecule has 0 N–H and O–H groups in total. The van der Waals surface area contributed by atoms with Crippen LogP contribution in [0.3, 0.4) is 0 Å². The molecule has 0 heterocycles. The van der Waals surface area contributed by atoms with Crippen LogP contribution < -0.4 is 0 Å². The molecule has 1 rings (SSSR count). The largest absolute Gasteiger partial charge is 0.557 e. The number of rotatable bonds is 0. The Morgan fingerprint density at radius 1 is 1.33 bits per heavy atom. The van der Waals surface area contributed by atoms with Gasteiger partial charge in [-0.2, -0.15) is 18.2 Å². The van der Waals surface area contributed by atoms with Gasteiger partial charge in [0, 0.05) is 25.8 Å². The van der Waals surface area contributed by atoms with Crippen LogP contribution >= 0.6 is 0 Å². The Balaban J connectivity index is 0. The third-order valence-corrected chi connectivity index (χ3v) is 0.556. The van der Waals surface area contributed by atoms with Gasteiger partial charge >= 0.3 is 0 Å². The molecule has 0 amide bonds. The van der Waals surface area contributed by atoms with E-state index >= 15 is 0 Å². The average Bonchev–Trinajstić information content (AvgIpc) is 2.17. The van der Waals surface area contributed by atoms with E-state index in [1.54, 1.807) is 0 Å². The van der Waals surface area contributed by atoms with Gasteiger partial charge in [0.2, 0.25) is 0 Å². The smallest absolute Gasteiger partial charge is 0 e. The van der Waals surface area contributed by atoms with Gasteiger partial charge in [-0.3, -0.25) is 0 Å². The van der Waals surface area contributed by atoms with E-state index in [4.69, 9.17) is 0 Å². The first-order valence-electron chi connectivity index (χ1n) is 2.36. The Morgan fingerprint density at radius 2 is 1.67 bits per heavy atom. The van der Waals surface area contributed by atoms with Crippen molar-refractivity contribution in [1.29, 1.82) is 0 Å². The monoisotopic (exact) mass is 290 g/mol. The molecular formula is C7H10HfO-2. The zero-order valence-corrected chi connectivity index (χ0v) is 9.09. The van der Waals surface area contributed by atoms with E-state index in [1.807, 2.05) is 30.3 Å². The maximum absolute atomic E-state index is 4.00. The van der Waals surface area contributed by atoms with Gasteiger partial charge in [-0.15, -0.1) is 0 Å². The van der Waals surface area contributed by atoms with Crippen LogP contribution in [-0.4, -0.2) is 7.11 Å². The minimum atomic E-state index is 0. The summed E-state index contributed by atoms with van der Waals surface area (Å²) in [6.45, 7) is 0. The first-order chi connectivity index (χ1) is 3.91. The molecule has 0 saturated heterocycles. The Kier molecular flexibility index (Phi) is 14.6. The third-order valence-electron chi connectivity index (χ3n) is 0.556. The molecule has 1 aromatic carbocycles. The predicted molar refractivity (Wildman–Crippen MR) is 34.4 cm³/mol. The first-order valence-corrected chi connectivity index (χ1v) is 2.36. The normalized spacial score (nSPS) is 6.44. The summed E-state index contributed by atoms with van der Waals surface area (Å²) in [7, 11) is 4.50. The molecule has 0 radical (unpaired) electrons. The third kappa shape index (κ3) is 11.6. The molecule has 0 bridgehead atoms. The van der Waals surface area contributed by atoms with Crippen LogP contribution in [0.15, 0.2) is 30.3 Å². The SMILES string of the molecule is [CH2-]OC.[Hf].c1cc[cH-]c1. The molecule has 0 unspecified atom stereocenters. The van der Waals surface area contributed by atoms with Gasteiger partial charge in [-0.1, -0.05) is 0 Å². The van der Waals surface area contributed by atoms with Crippen molar-refractivity contribution in [1.82, 2.24) is 0 Å². The van der Waals surface area contributed by atoms with E-state index in [-0.39, 0.29) is 25.8 Å². The van der Waals surface area contributed by atoms with Gasteiger partial charge in [0.15, 0.2) is 0 Å². The summed E-state index contributed by atoms with van der Waals surface area (Å²) in [6, 6.07) is 10.0. The fraction of sp³-hybridized carbons (Fsp3) is 0.143. The quantitative estimate of drug-likeness (QED) is 0.523. The van der Waals surface area contributed by atoms with Crippen molar-refractivity contribution >= 4 is 0 Å². The minimum absolute atomic E-state index is 0. The molecule has 0 fully saturated rings. The molecule has 50 valence electrons. The van der Waals surface area contributed by atoms with Crippen molar-refractivity contribution in [2.24, 2.45) is 0 Å². The molecule has 9 heavy (non-hydrogen) atoms. The van der Waals surface area contributed by atoms with Gasteiger partial charge in [-0.25, -0.2) is 19.2 Å². The Bertz CT molecular complexity index is 75.8. The number of hydrogen-bond acceptors (Lipinski definition) is 1. The molecule has 0 saturated carbocycles. The second-order valence-corrected chi connectivity index (χ2v) is 1.25. The van der Waals surface area contributed by atoms with E-state index < -0.39 is 0 Å². The van der Waals surface area contributed by atoms with Crippen LogP contribution in [0, 0.1) is 7.11 Å². The maximum Gasteiger partial charge on any atom is 0 e. The van der Waals surface area contributed by atoms with E-state index in [2.05, 4.69) is 11.8 Å². The second-order valence-electron chi connectivity index (χ2n) is 1.25. The molecule has 2 heteroatoms. The van der Waals surface area contributed by atoms with Crippen molar-refractivity contribution in [3.63, 3.8) is 0 Å². The summed E-state index contributed by atoms with van der Waals surface area (Å²) in [4.78, 5) is 0. The van der Waals surface area contributed by atoms with Crippen molar-refractivity contribution in [3.8, 4) is 0 Å². The van der Waals surface area contributed by atoms with Crippen molar-refractivity contribution < 1.29 is 30.6 Å². The number of ether oxygens (including phenoxy) is 1. The van der Waals surface area contributed by atoms with Crippen LogP contribution in [0.1, 0.15) is 0 Å². The summed E-state index contributed by atoms with van der Waals surface area (Å²) < 4.78 is 4.00. The van der Waals surface area contributed by atoms with Crippen molar-refractivity contribution in [3.05, 3.63) is 37.4 Å². The molecule has 1 aromatic rings. The topological polar surface area (TPSA) is 9.23 Å². The predicted octanol–water partition coefficient (Wildman–Crippen LogP) is 1.83. The minimum Gasteiger partial charge on any atom is -0.557 e. The Labute approximate surface area is 75.2 Å². The Morgan fingerprint density at radius 3 is 1.78 bits per heavy atom. The second kappa shape index (κ2) is 11.0. The standard InChI is InChI=1S/C5H5.C2H5O.Hf/c1-2-4-5-3-1;1-3-2;/h1-5H;1H2,2H3;/q2*-1;. The van der Waals surface area contributed by atoms with E-state index in [0.29, 0.717) is 0 Å². The van der Waals surface area contributed by atoms with Gasteiger partial charge < -0.3 is 4.74 Å². The van der Waals surface area contributed by atoms with Crippen LogP contribution in [0.25, 0.3) is 0 Å². The van der Waals surface area contributed by atoms with E-state index in [0.717, 1.165) is 0 Å². The van der Waals surface area contributed by atoms with Crippen LogP contribution in [-0.2, 0) is 30.6 Å². The summed E-state index contributed by atoms with van der Waals surface area (Å²) in [5, 5.41) is 0. The number of hydrogen-bond donors (Lipinski definition) is 0. The molecule has 0 spiro atoms.